The highest BCUT2D eigenvalue weighted by molar-refractivity contribution is 5.84. The van der Waals surface area contributed by atoms with Crippen LogP contribution in [0.15, 0.2) is 29.3 Å². The minimum atomic E-state index is -0.232. The zero-order chi connectivity index (χ0) is 15.5. The standard InChI is InChI=1S/C15H23FN4O/c1-3-17-14(21)11-20-15(18-4-2)19-9-8-12-6-5-7-13(16)10-12/h5-7,10H,3-4,8-9,11H2,1-2H3,(H,17,21)(H2,18,19,20). The average molecular weight is 294 g/mol. The number of likely N-dealkylation sites (N-methyl/N-ethyl adjacent to an activating group) is 1. The van der Waals surface area contributed by atoms with Crippen molar-refractivity contribution in [3.05, 3.63) is 35.6 Å². The molecule has 3 N–H and O–H groups in total. The van der Waals surface area contributed by atoms with Gasteiger partial charge < -0.3 is 16.0 Å². The van der Waals surface area contributed by atoms with Crippen LogP contribution in [-0.4, -0.2) is 38.0 Å². The van der Waals surface area contributed by atoms with Crippen molar-refractivity contribution >= 4 is 11.9 Å². The highest BCUT2D eigenvalue weighted by atomic mass is 19.1. The lowest BCUT2D eigenvalue weighted by atomic mass is 10.1. The summed E-state index contributed by atoms with van der Waals surface area (Å²) in [5, 5.41) is 8.87. The van der Waals surface area contributed by atoms with Crippen molar-refractivity contribution in [2.24, 2.45) is 4.99 Å². The third-order valence-corrected chi connectivity index (χ3v) is 2.69. The van der Waals surface area contributed by atoms with E-state index in [1.807, 2.05) is 19.9 Å². The Morgan fingerprint density at radius 1 is 1.19 bits per heavy atom. The lowest BCUT2D eigenvalue weighted by molar-refractivity contribution is -0.119. The van der Waals surface area contributed by atoms with E-state index in [9.17, 15) is 9.18 Å². The Labute approximate surface area is 125 Å². The number of amides is 1. The fourth-order valence-corrected chi connectivity index (χ4v) is 1.76. The summed E-state index contributed by atoms with van der Waals surface area (Å²) in [5.74, 6) is 0.240. The van der Waals surface area contributed by atoms with E-state index in [4.69, 9.17) is 0 Å². The van der Waals surface area contributed by atoms with Crippen LogP contribution in [0.4, 0.5) is 4.39 Å². The Hall–Kier alpha value is -2.11. The van der Waals surface area contributed by atoms with E-state index in [0.29, 0.717) is 32.0 Å². The maximum absolute atomic E-state index is 13.1. The van der Waals surface area contributed by atoms with Crippen molar-refractivity contribution in [2.45, 2.75) is 20.3 Å². The van der Waals surface area contributed by atoms with Crippen LogP contribution in [-0.2, 0) is 11.2 Å². The number of guanidine groups is 1. The summed E-state index contributed by atoms with van der Waals surface area (Å²) in [7, 11) is 0. The van der Waals surface area contributed by atoms with Crippen molar-refractivity contribution in [1.29, 1.82) is 0 Å². The summed E-state index contributed by atoms with van der Waals surface area (Å²) < 4.78 is 13.1. The quantitative estimate of drug-likeness (QED) is 0.520. The molecule has 0 aliphatic rings. The van der Waals surface area contributed by atoms with Crippen LogP contribution in [0.5, 0.6) is 0 Å². The molecule has 0 unspecified atom stereocenters. The Morgan fingerprint density at radius 3 is 2.62 bits per heavy atom. The molecule has 0 aliphatic heterocycles. The summed E-state index contributed by atoms with van der Waals surface area (Å²) in [6.07, 6.45) is 0.684. The highest BCUT2D eigenvalue weighted by Gasteiger charge is 2.01. The van der Waals surface area contributed by atoms with Crippen LogP contribution in [0, 0.1) is 5.82 Å². The SMILES string of the molecule is CCNC(=O)CN=C(NCC)NCCc1cccc(F)c1. The molecule has 0 aliphatic carbocycles. The Kier molecular flexibility index (Phi) is 7.86. The molecule has 0 aromatic heterocycles. The van der Waals surface area contributed by atoms with Crippen LogP contribution in [0.2, 0.25) is 0 Å². The molecule has 1 aromatic carbocycles. The Balaban J connectivity index is 2.43. The van der Waals surface area contributed by atoms with Crippen LogP contribution < -0.4 is 16.0 Å². The third kappa shape index (κ3) is 7.29. The van der Waals surface area contributed by atoms with E-state index in [-0.39, 0.29) is 18.3 Å². The zero-order valence-electron chi connectivity index (χ0n) is 12.6. The normalized spacial score (nSPS) is 11.1. The molecule has 0 saturated heterocycles. The van der Waals surface area contributed by atoms with Gasteiger partial charge in [0.25, 0.3) is 0 Å². The molecule has 21 heavy (non-hydrogen) atoms. The number of nitrogens with one attached hydrogen (secondary N) is 3. The van der Waals surface area contributed by atoms with Gasteiger partial charge in [0.2, 0.25) is 5.91 Å². The first-order valence-corrected chi connectivity index (χ1v) is 7.19. The number of hydrogen-bond acceptors (Lipinski definition) is 2. The fraction of sp³-hybridized carbons (Fsp3) is 0.467. The molecule has 1 amide bonds. The smallest absolute Gasteiger partial charge is 0.241 e. The van der Waals surface area contributed by atoms with Gasteiger partial charge >= 0.3 is 0 Å². The number of carbonyl (C=O) groups is 1. The van der Waals surface area contributed by atoms with Crippen molar-refractivity contribution in [3.8, 4) is 0 Å². The maximum atomic E-state index is 13.1. The minimum absolute atomic E-state index is 0.0864. The van der Waals surface area contributed by atoms with Crippen molar-refractivity contribution in [2.75, 3.05) is 26.2 Å². The predicted molar refractivity (Wildman–Crippen MR) is 82.8 cm³/mol. The van der Waals surface area contributed by atoms with Gasteiger partial charge in [-0.3, -0.25) is 4.79 Å². The van der Waals surface area contributed by atoms with Gasteiger partial charge in [0.1, 0.15) is 12.4 Å². The molecule has 6 heteroatoms. The minimum Gasteiger partial charge on any atom is -0.357 e. The first kappa shape index (κ1) is 16.9. The number of hydrogen-bond donors (Lipinski definition) is 3. The van der Waals surface area contributed by atoms with E-state index in [0.717, 1.165) is 5.56 Å². The summed E-state index contributed by atoms with van der Waals surface area (Å²) in [6, 6.07) is 6.51. The van der Waals surface area contributed by atoms with Crippen molar-refractivity contribution < 1.29 is 9.18 Å². The number of rotatable bonds is 7. The lowest BCUT2D eigenvalue weighted by Crippen LogP contribution is -2.39. The van der Waals surface area contributed by atoms with Crippen LogP contribution in [0.3, 0.4) is 0 Å². The number of nitrogens with zero attached hydrogens (tertiary/aromatic N) is 1. The second-order valence-corrected chi connectivity index (χ2v) is 4.46. The molecule has 0 atom stereocenters. The second kappa shape index (κ2) is 9.74. The molecule has 5 nitrogen and oxygen atoms in total. The van der Waals surface area contributed by atoms with Gasteiger partial charge in [-0.1, -0.05) is 12.1 Å². The van der Waals surface area contributed by atoms with Gasteiger partial charge in [-0.25, -0.2) is 9.38 Å². The molecule has 116 valence electrons. The Morgan fingerprint density at radius 2 is 1.95 bits per heavy atom. The maximum Gasteiger partial charge on any atom is 0.241 e. The number of benzene rings is 1. The third-order valence-electron chi connectivity index (χ3n) is 2.69. The van der Waals surface area contributed by atoms with Crippen molar-refractivity contribution in [3.63, 3.8) is 0 Å². The van der Waals surface area contributed by atoms with Crippen LogP contribution >= 0.6 is 0 Å². The molecule has 0 spiro atoms. The van der Waals surface area contributed by atoms with Gasteiger partial charge in [-0.2, -0.15) is 0 Å². The monoisotopic (exact) mass is 294 g/mol. The molecule has 0 bridgehead atoms. The molecule has 1 aromatic rings. The summed E-state index contributed by atoms with van der Waals surface area (Å²) in [5.41, 5.74) is 0.919. The molecule has 1 rings (SSSR count). The van der Waals surface area contributed by atoms with Gasteiger partial charge in [-0.15, -0.1) is 0 Å². The molecule has 0 heterocycles. The molecular formula is C15H23FN4O. The summed E-state index contributed by atoms with van der Waals surface area (Å²) in [4.78, 5) is 15.6. The van der Waals surface area contributed by atoms with Crippen molar-refractivity contribution in [1.82, 2.24) is 16.0 Å². The highest BCUT2D eigenvalue weighted by Crippen LogP contribution is 2.03. The largest absolute Gasteiger partial charge is 0.357 e. The van der Waals surface area contributed by atoms with Crippen LogP contribution in [0.1, 0.15) is 19.4 Å². The number of aliphatic imine (C=N–C) groups is 1. The second-order valence-electron chi connectivity index (χ2n) is 4.46. The summed E-state index contributed by atoms with van der Waals surface area (Å²) >= 11 is 0. The van der Waals surface area contributed by atoms with E-state index in [1.54, 1.807) is 6.07 Å². The fourth-order valence-electron chi connectivity index (χ4n) is 1.76. The molecule has 0 fully saturated rings. The topological polar surface area (TPSA) is 65.5 Å². The van der Waals surface area contributed by atoms with E-state index in [1.165, 1.54) is 12.1 Å². The van der Waals surface area contributed by atoms with E-state index >= 15 is 0 Å². The predicted octanol–water partition coefficient (Wildman–Crippen LogP) is 1.06. The van der Waals surface area contributed by atoms with Gasteiger partial charge in [0, 0.05) is 19.6 Å². The van der Waals surface area contributed by atoms with Gasteiger partial charge in [0.05, 0.1) is 0 Å². The van der Waals surface area contributed by atoms with Crippen LogP contribution in [0.25, 0.3) is 0 Å². The van der Waals surface area contributed by atoms with E-state index in [2.05, 4.69) is 20.9 Å². The number of halogens is 1. The Bertz CT molecular complexity index is 476. The summed E-state index contributed by atoms with van der Waals surface area (Å²) in [6.45, 7) is 5.83. The zero-order valence-corrected chi connectivity index (χ0v) is 12.6. The number of carbonyl (C=O) groups excluding carboxylic acids is 1. The molecule has 0 radical (unpaired) electrons. The average Bonchev–Trinajstić information content (AvgIpc) is 2.45. The van der Waals surface area contributed by atoms with Gasteiger partial charge in [-0.05, 0) is 38.0 Å². The van der Waals surface area contributed by atoms with E-state index < -0.39 is 0 Å². The van der Waals surface area contributed by atoms with Gasteiger partial charge in [0.15, 0.2) is 5.96 Å². The molecule has 0 saturated carbocycles. The first-order valence-electron chi connectivity index (χ1n) is 7.19. The molecular weight excluding hydrogens is 271 g/mol. The first-order chi connectivity index (χ1) is 10.2. The lowest BCUT2D eigenvalue weighted by Gasteiger charge is -2.11.